The first kappa shape index (κ1) is 10.7. The van der Waals surface area contributed by atoms with Crippen LogP contribution in [-0.2, 0) is 17.5 Å². The number of halogens is 3. The van der Waals surface area contributed by atoms with Gasteiger partial charge in [-0.15, -0.1) is 0 Å². The Morgan fingerprint density at radius 3 is 2.43 bits per heavy atom. The van der Waals surface area contributed by atoms with E-state index < -0.39 is 11.7 Å². The molecule has 0 saturated heterocycles. The average molecular weight is 216 g/mol. The summed E-state index contributed by atoms with van der Waals surface area (Å²) in [6.45, 7) is 0. The molecule has 0 radical (unpaired) electrons. The predicted octanol–water partition coefficient (Wildman–Crippen LogP) is 2.45. The summed E-state index contributed by atoms with van der Waals surface area (Å²) < 4.78 is 37.0. The number of nitrogens with zero attached hydrogens (tertiary/aromatic N) is 1. The largest absolute Gasteiger partial charge is 0.421 e. The molecule has 0 bridgehead atoms. The highest BCUT2D eigenvalue weighted by Gasteiger charge is 2.36. The van der Waals surface area contributed by atoms with Crippen LogP contribution < -0.4 is 0 Å². The van der Waals surface area contributed by atoms with Gasteiger partial charge < -0.3 is 0 Å². The van der Waals surface area contributed by atoms with E-state index >= 15 is 0 Å². The Morgan fingerprint density at radius 2 is 2.00 bits per heavy atom. The lowest BCUT2D eigenvalue weighted by Crippen LogP contribution is -2.07. The molecular formula is C9H5F3NS+. The van der Waals surface area contributed by atoms with Gasteiger partial charge in [0.15, 0.2) is 5.87 Å². The van der Waals surface area contributed by atoms with Gasteiger partial charge in [0.25, 0.3) is 0 Å². The summed E-state index contributed by atoms with van der Waals surface area (Å²) in [7, 11) is 0. The minimum atomic E-state index is -4.39. The molecule has 72 valence electrons. The van der Waals surface area contributed by atoms with Gasteiger partial charge in [-0.1, -0.05) is 0 Å². The van der Waals surface area contributed by atoms with Gasteiger partial charge in [-0.05, 0) is 12.1 Å². The van der Waals surface area contributed by atoms with Crippen molar-refractivity contribution in [2.75, 3.05) is 0 Å². The topological polar surface area (TPSA) is 23.8 Å². The highest BCUT2D eigenvalue weighted by molar-refractivity contribution is 7.76. The highest BCUT2D eigenvalue weighted by atomic mass is 32.1. The van der Waals surface area contributed by atoms with Gasteiger partial charge >= 0.3 is 6.18 Å². The fraction of sp³-hybridized carbons (Fsp3) is 0.111. The fourth-order valence-corrected chi connectivity index (χ4v) is 1.50. The molecule has 1 aromatic rings. The summed E-state index contributed by atoms with van der Waals surface area (Å²) in [6, 6.07) is 4.99. The van der Waals surface area contributed by atoms with Crippen LogP contribution in [-0.4, -0.2) is 5.87 Å². The van der Waals surface area contributed by atoms with E-state index in [1.54, 1.807) is 6.07 Å². The normalized spacial score (nSPS) is 10.7. The average Bonchev–Trinajstić information content (AvgIpc) is 2.15. The van der Waals surface area contributed by atoms with E-state index in [1.165, 1.54) is 6.07 Å². The van der Waals surface area contributed by atoms with Gasteiger partial charge in [0, 0.05) is 6.07 Å². The van der Waals surface area contributed by atoms with Crippen LogP contribution in [0.3, 0.4) is 0 Å². The fourth-order valence-electron chi connectivity index (χ4n) is 0.945. The number of nitriles is 1. The Kier molecular flexibility index (Phi) is 2.87. The molecule has 0 N–H and O–H groups in total. The van der Waals surface area contributed by atoms with Crippen molar-refractivity contribution in [3.63, 3.8) is 0 Å². The van der Waals surface area contributed by atoms with Gasteiger partial charge in [0.1, 0.15) is 5.56 Å². The molecule has 0 aliphatic heterocycles. The third-order valence-corrected chi connectivity index (χ3v) is 2.22. The molecular weight excluding hydrogens is 211 g/mol. The zero-order valence-electron chi connectivity index (χ0n) is 6.93. The molecule has 0 unspecified atom stereocenters. The van der Waals surface area contributed by atoms with E-state index in [4.69, 9.17) is 5.26 Å². The van der Waals surface area contributed by atoms with Crippen LogP contribution in [0.25, 0.3) is 0 Å². The highest BCUT2D eigenvalue weighted by Crippen LogP contribution is 2.32. The number of alkyl halides is 3. The number of benzene rings is 1. The Bertz CT molecular complexity index is 403. The van der Waals surface area contributed by atoms with E-state index in [2.05, 4.69) is 5.87 Å². The van der Waals surface area contributed by atoms with Gasteiger partial charge in [-0.2, -0.15) is 18.4 Å². The van der Waals surface area contributed by atoms with Crippen LogP contribution in [0.15, 0.2) is 23.1 Å². The minimum absolute atomic E-state index is 0.0310. The second-order valence-electron chi connectivity index (χ2n) is 2.46. The van der Waals surface area contributed by atoms with Crippen molar-refractivity contribution in [2.24, 2.45) is 0 Å². The van der Waals surface area contributed by atoms with Crippen molar-refractivity contribution in [1.82, 2.24) is 0 Å². The molecule has 0 spiro atoms. The number of hydrogen-bond acceptors (Lipinski definition) is 1. The van der Waals surface area contributed by atoms with Crippen molar-refractivity contribution in [1.29, 1.82) is 5.26 Å². The van der Waals surface area contributed by atoms with Crippen molar-refractivity contribution in [3.8, 4) is 6.07 Å². The third kappa shape index (κ3) is 2.09. The molecule has 0 heterocycles. The third-order valence-electron chi connectivity index (χ3n) is 1.57. The summed E-state index contributed by atoms with van der Waals surface area (Å²) in [4.78, 5) is -0.0310. The van der Waals surface area contributed by atoms with Gasteiger partial charge in [-0.3, -0.25) is 0 Å². The maximum atomic E-state index is 12.3. The van der Waals surface area contributed by atoms with Crippen LogP contribution in [0, 0.1) is 11.3 Å². The zero-order valence-corrected chi connectivity index (χ0v) is 7.75. The van der Waals surface area contributed by atoms with Crippen LogP contribution in [0.4, 0.5) is 13.2 Å². The van der Waals surface area contributed by atoms with E-state index in [0.717, 1.165) is 23.5 Å². The molecule has 0 amide bonds. The standard InChI is InChI=1S/C9H5F3NS/c1-14-8-4-6(5-13)2-3-7(8)9(10,11)12/h2-4H,1H2/q+1. The molecule has 0 aliphatic rings. The zero-order chi connectivity index (χ0) is 10.8. The molecule has 0 saturated carbocycles. The van der Waals surface area contributed by atoms with E-state index in [-0.39, 0.29) is 10.5 Å². The lowest BCUT2D eigenvalue weighted by molar-refractivity contribution is -0.139. The lowest BCUT2D eigenvalue weighted by Gasteiger charge is -2.04. The second kappa shape index (κ2) is 3.76. The molecule has 1 rings (SSSR count). The Balaban J connectivity index is 3.34. The van der Waals surface area contributed by atoms with Crippen molar-refractivity contribution >= 4 is 17.2 Å². The van der Waals surface area contributed by atoms with Crippen molar-refractivity contribution < 1.29 is 13.2 Å². The minimum Gasteiger partial charge on any atom is -0.192 e. The first-order valence-electron chi connectivity index (χ1n) is 3.52. The quantitative estimate of drug-likeness (QED) is 0.522. The summed E-state index contributed by atoms with van der Waals surface area (Å²) >= 11 is 0.731. The molecule has 1 nitrogen and oxygen atoms in total. The molecule has 0 aliphatic carbocycles. The van der Waals surface area contributed by atoms with Crippen LogP contribution in [0.5, 0.6) is 0 Å². The first-order chi connectivity index (χ1) is 6.49. The Labute approximate surface area is 82.7 Å². The van der Waals surface area contributed by atoms with Crippen LogP contribution >= 0.6 is 0 Å². The predicted molar refractivity (Wildman–Crippen MR) is 48.9 cm³/mol. The summed E-state index contributed by atoms with van der Waals surface area (Å²) in [5, 5.41) is 8.49. The van der Waals surface area contributed by atoms with Crippen molar-refractivity contribution in [2.45, 2.75) is 11.1 Å². The SMILES string of the molecule is C=[S+]c1cc(C#N)ccc1C(F)(F)F. The van der Waals surface area contributed by atoms with Crippen LogP contribution in [0.1, 0.15) is 11.1 Å². The van der Waals surface area contributed by atoms with E-state index in [1.807, 2.05) is 0 Å². The summed E-state index contributed by atoms with van der Waals surface area (Å²) in [5.74, 6) is 3.31. The molecule has 0 aromatic heterocycles. The summed E-state index contributed by atoms with van der Waals surface area (Å²) in [5.41, 5.74) is -0.555. The van der Waals surface area contributed by atoms with Gasteiger partial charge in [-0.25, -0.2) is 0 Å². The van der Waals surface area contributed by atoms with Gasteiger partial charge in [0.2, 0.25) is 16.2 Å². The molecule has 0 atom stereocenters. The van der Waals surface area contributed by atoms with E-state index in [9.17, 15) is 13.2 Å². The molecule has 14 heavy (non-hydrogen) atoms. The molecule has 5 heteroatoms. The maximum Gasteiger partial charge on any atom is 0.421 e. The maximum absolute atomic E-state index is 12.3. The monoisotopic (exact) mass is 216 g/mol. The Hall–Kier alpha value is -1.41. The lowest BCUT2D eigenvalue weighted by atomic mass is 10.1. The number of rotatable bonds is 1. The van der Waals surface area contributed by atoms with Crippen molar-refractivity contribution in [3.05, 3.63) is 29.3 Å². The van der Waals surface area contributed by atoms with Crippen LogP contribution in [0.2, 0.25) is 0 Å². The smallest absolute Gasteiger partial charge is 0.192 e. The molecule has 1 aromatic carbocycles. The summed E-state index contributed by atoms with van der Waals surface area (Å²) in [6.07, 6.45) is -4.39. The number of hydrogen-bond donors (Lipinski definition) is 0. The Morgan fingerprint density at radius 1 is 1.36 bits per heavy atom. The molecule has 0 fully saturated rings. The second-order valence-corrected chi connectivity index (χ2v) is 3.19. The van der Waals surface area contributed by atoms with E-state index in [0.29, 0.717) is 0 Å². The first-order valence-corrected chi connectivity index (χ1v) is 4.51. The van der Waals surface area contributed by atoms with Gasteiger partial charge in [0.05, 0.1) is 11.6 Å².